The number of esters is 1. The van der Waals surface area contributed by atoms with Crippen molar-refractivity contribution in [3.8, 4) is 51.7 Å². The van der Waals surface area contributed by atoms with Crippen molar-refractivity contribution >= 4 is 12.1 Å². The largest absolute Gasteiger partial charge is 0.489 e. The molecule has 0 aromatic heterocycles. The Kier molecular flexibility index (Phi) is 19.5. The first-order chi connectivity index (χ1) is 42.9. The van der Waals surface area contributed by atoms with E-state index in [1.54, 1.807) is 6.92 Å². The lowest BCUT2D eigenvalue weighted by Gasteiger charge is -2.35. The molecule has 438 valence electrons. The fraction of sp³-hybridized carbons (Fsp3) is 0.162. The van der Waals surface area contributed by atoms with Crippen molar-refractivity contribution in [2.45, 2.75) is 71.8 Å². The first kappa shape index (κ1) is 58.1. The minimum Gasteiger partial charge on any atom is -0.489 e. The molecule has 0 saturated heterocycles. The van der Waals surface area contributed by atoms with Crippen molar-refractivity contribution in [1.29, 1.82) is 0 Å². The lowest BCUT2D eigenvalue weighted by Crippen LogP contribution is -2.35. The predicted octanol–water partition coefficient (Wildman–Crippen LogP) is 15.7. The third-order valence-corrected chi connectivity index (χ3v) is 14.2. The maximum atomic E-state index is 15.5. The lowest BCUT2D eigenvalue weighted by atomic mass is 9.93. The van der Waals surface area contributed by atoms with E-state index < -0.39 is 24.3 Å². The SMILES string of the molecule is CCNC(=O)Oc1c(OCc2ccccc2)cc(C(=O)O[C@@H]2Cc3c(OCc4ccccc4)cc(OCc4ccccc4)cc3O[C@@H]2c2cc(OCc3ccccc3)c(OCc3ccccc3)c(OCc3ccccc3)c2)cc1OCc1ccccc1. The maximum Gasteiger partial charge on any atom is 0.412 e. The Hall–Kier alpha value is -10.7. The van der Waals surface area contributed by atoms with E-state index in [0.717, 1.165) is 38.9 Å². The summed E-state index contributed by atoms with van der Waals surface area (Å²) in [5.41, 5.74) is 7.58. The molecule has 10 aromatic carbocycles. The van der Waals surface area contributed by atoms with Gasteiger partial charge in [0, 0.05) is 36.2 Å². The monoisotopic (exact) mass is 1160 g/mol. The number of fused-ring (bicyclic) bond motifs is 1. The molecule has 13 heteroatoms. The minimum absolute atomic E-state index is 0.0247. The highest BCUT2D eigenvalue weighted by Gasteiger charge is 2.39. The molecule has 87 heavy (non-hydrogen) atoms. The van der Waals surface area contributed by atoms with Gasteiger partial charge in [-0.1, -0.05) is 212 Å². The van der Waals surface area contributed by atoms with E-state index in [2.05, 4.69) is 5.32 Å². The van der Waals surface area contributed by atoms with E-state index in [4.69, 9.17) is 47.4 Å². The average Bonchev–Trinajstić information content (AvgIpc) is 1.82. The second-order valence-electron chi connectivity index (χ2n) is 20.6. The molecule has 0 radical (unpaired) electrons. The first-order valence-electron chi connectivity index (χ1n) is 28.9. The van der Waals surface area contributed by atoms with E-state index in [-0.39, 0.29) is 75.5 Å². The molecule has 0 aliphatic carbocycles. The lowest BCUT2D eigenvalue weighted by molar-refractivity contribution is -0.0191. The third-order valence-electron chi connectivity index (χ3n) is 14.2. The zero-order chi connectivity index (χ0) is 59.4. The van der Waals surface area contributed by atoms with E-state index >= 15 is 4.79 Å². The van der Waals surface area contributed by atoms with Gasteiger partial charge < -0.3 is 52.7 Å². The zero-order valence-corrected chi connectivity index (χ0v) is 48.1. The van der Waals surface area contributed by atoms with Crippen LogP contribution < -0.4 is 47.9 Å². The molecule has 0 bridgehead atoms. The molecular weight excluding hydrogens is 1090 g/mol. The number of rotatable bonds is 26. The normalized spacial score (nSPS) is 13.2. The van der Waals surface area contributed by atoms with Crippen molar-refractivity contribution in [1.82, 2.24) is 5.32 Å². The summed E-state index contributed by atoms with van der Waals surface area (Å²) in [5.74, 6) is 1.87. The van der Waals surface area contributed by atoms with Crippen molar-refractivity contribution in [2.75, 3.05) is 6.54 Å². The Bertz CT molecular complexity index is 3690. The predicted molar refractivity (Wildman–Crippen MR) is 331 cm³/mol. The van der Waals surface area contributed by atoms with E-state index in [0.29, 0.717) is 52.2 Å². The van der Waals surface area contributed by atoms with Gasteiger partial charge in [0.25, 0.3) is 0 Å². The fourth-order valence-electron chi connectivity index (χ4n) is 9.77. The molecule has 1 aliphatic rings. The molecule has 0 fully saturated rings. The molecule has 13 nitrogen and oxygen atoms in total. The molecule has 0 spiro atoms. The third kappa shape index (κ3) is 16.0. The molecule has 2 atom stereocenters. The van der Waals surface area contributed by atoms with Crippen LogP contribution in [0.3, 0.4) is 0 Å². The molecule has 0 saturated carbocycles. The summed E-state index contributed by atoms with van der Waals surface area (Å²) in [6.07, 6.45) is -2.72. The number of hydrogen-bond acceptors (Lipinski definition) is 12. The Morgan fingerprint density at radius 1 is 0.414 bits per heavy atom. The van der Waals surface area contributed by atoms with Crippen molar-refractivity contribution in [2.24, 2.45) is 0 Å². The summed E-state index contributed by atoms with van der Waals surface area (Å²) >= 11 is 0. The molecule has 1 heterocycles. The first-order valence-corrected chi connectivity index (χ1v) is 28.9. The van der Waals surface area contributed by atoms with E-state index in [9.17, 15) is 4.79 Å². The number of ether oxygens (including phenoxy) is 10. The second kappa shape index (κ2) is 29.2. The standard InChI is InChI=1S/C74H65NO12/c1-2-75-74(77)87-72-67(82-49-56-32-18-7-19-33-56)40-60(41-68(72)83-50-57-34-20-8-21-35-57)73(76)86-69-44-62-63(79-46-53-26-12-4-13-27-53)42-61(78-45-52-24-10-3-11-25-52)43-64(62)85-70(69)59-38-65(80-47-54-28-14-5-15-29-54)71(84-51-58-36-22-9-23-37-58)66(39-59)81-48-55-30-16-6-17-31-55/h3-43,69-70H,2,44-51H2,1H3,(H,75,77)/t69-,70-/m1/s1. The zero-order valence-electron chi connectivity index (χ0n) is 48.1. The van der Waals surface area contributed by atoms with Crippen molar-refractivity contribution in [3.63, 3.8) is 0 Å². The van der Waals surface area contributed by atoms with Crippen LogP contribution in [0.2, 0.25) is 0 Å². The minimum atomic E-state index is -1.06. The van der Waals surface area contributed by atoms with Crippen molar-refractivity contribution < 1.29 is 57.0 Å². The smallest absolute Gasteiger partial charge is 0.412 e. The molecule has 1 N–H and O–H groups in total. The molecule has 10 aromatic rings. The highest BCUT2D eigenvalue weighted by molar-refractivity contribution is 5.92. The highest BCUT2D eigenvalue weighted by atomic mass is 16.6. The Labute approximate surface area is 506 Å². The van der Waals surface area contributed by atoms with Gasteiger partial charge in [-0.05, 0) is 70.1 Å². The van der Waals surface area contributed by atoms with Crippen LogP contribution in [0.25, 0.3) is 0 Å². The van der Waals surface area contributed by atoms with Crippen molar-refractivity contribution in [3.05, 3.63) is 304 Å². The van der Waals surface area contributed by atoms with Crippen LogP contribution >= 0.6 is 0 Å². The van der Waals surface area contributed by atoms with Gasteiger partial charge in [-0.3, -0.25) is 0 Å². The Morgan fingerprint density at radius 3 is 1.16 bits per heavy atom. The summed E-state index contributed by atoms with van der Waals surface area (Å²) in [4.78, 5) is 28.8. The topological polar surface area (TPSA) is 138 Å². The average molecular weight is 1160 g/mol. The summed E-state index contributed by atoms with van der Waals surface area (Å²) in [6.45, 7) is 3.28. The highest BCUT2D eigenvalue weighted by Crippen LogP contribution is 2.49. The van der Waals surface area contributed by atoms with Gasteiger partial charge in [0.15, 0.2) is 29.1 Å². The Balaban J connectivity index is 1.04. The van der Waals surface area contributed by atoms with Crippen LogP contribution in [0, 0.1) is 0 Å². The van der Waals surface area contributed by atoms with Crippen LogP contribution in [0.4, 0.5) is 4.79 Å². The van der Waals surface area contributed by atoms with Crippen LogP contribution in [0.15, 0.2) is 249 Å². The fourth-order valence-corrected chi connectivity index (χ4v) is 9.77. The summed E-state index contributed by atoms with van der Waals surface area (Å²) in [5, 5.41) is 2.69. The van der Waals surface area contributed by atoms with Crippen LogP contribution in [-0.2, 0) is 57.4 Å². The van der Waals surface area contributed by atoms with Gasteiger partial charge in [0.1, 0.15) is 69.6 Å². The van der Waals surface area contributed by atoms with Crippen LogP contribution in [0.5, 0.6) is 51.7 Å². The van der Waals surface area contributed by atoms with Gasteiger partial charge in [-0.15, -0.1) is 0 Å². The quantitative estimate of drug-likeness (QED) is 0.0517. The number of carbonyl (C=O) groups excluding carboxylic acids is 2. The number of nitrogens with one attached hydrogen (secondary N) is 1. The van der Waals surface area contributed by atoms with E-state index in [1.807, 2.05) is 237 Å². The molecule has 11 rings (SSSR count). The van der Waals surface area contributed by atoms with Gasteiger partial charge >= 0.3 is 12.1 Å². The molecule has 1 amide bonds. The van der Waals surface area contributed by atoms with Gasteiger partial charge in [-0.25, -0.2) is 9.59 Å². The number of carbonyl (C=O) groups is 2. The van der Waals surface area contributed by atoms with Gasteiger partial charge in [0.2, 0.25) is 11.5 Å². The van der Waals surface area contributed by atoms with Gasteiger partial charge in [-0.2, -0.15) is 0 Å². The van der Waals surface area contributed by atoms with Gasteiger partial charge in [0.05, 0.1) is 5.56 Å². The summed E-state index contributed by atoms with van der Waals surface area (Å²) < 4.78 is 66.5. The number of hydrogen-bond donors (Lipinski definition) is 1. The number of benzene rings is 10. The van der Waals surface area contributed by atoms with Crippen LogP contribution in [0.1, 0.15) is 73.5 Å². The second-order valence-corrected chi connectivity index (χ2v) is 20.6. The maximum absolute atomic E-state index is 15.5. The molecular formula is C74H65NO12. The summed E-state index contributed by atoms with van der Waals surface area (Å²) in [6, 6.07) is 78.7. The molecule has 0 unspecified atom stereocenters. The molecule has 1 aliphatic heterocycles. The number of amides is 1. The Morgan fingerprint density at radius 2 is 0.770 bits per heavy atom. The summed E-state index contributed by atoms with van der Waals surface area (Å²) in [7, 11) is 0. The van der Waals surface area contributed by atoms with E-state index in [1.165, 1.54) is 12.1 Å². The van der Waals surface area contributed by atoms with Crippen LogP contribution in [-0.4, -0.2) is 24.7 Å².